The molecule has 1 heterocycles. The first-order valence-electron chi connectivity index (χ1n) is 5.99. The third-order valence-corrected chi connectivity index (χ3v) is 2.50. The van der Waals surface area contributed by atoms with Crippen molar-refractivity contribution in [2.24, 2.45) is 0 Å². The van der Waals surface area contributed by atoms with E-state index in [1.807, 2.05) is 0 Å². The van der Waals surface area contributed by atoms with E-state index in [1.54, 1.807) is 0 Å². The Morgan fingerprint density at radius 3 is 2.43 bits per heavy atom. The third-order valence-electron chi connectivity index (χ3n) is 2.50. The first-order chi connectivity index (χ1) is 10.1. The van der Waals surface area contributed by atoms with Crippen molar-refractivity contribution >= 4 is 5.91 Å². The molecule has 0 aliphatic heterocycles. The van der Waals surface area contributed by atoms with Gasteiger partial charge in [-0.25, -0.2) is 4.39 Å². The average Bonchev–Trinajstić information content (AvgIpc) is 2.52. The summed E-state index contributed by atoms with van der Waals surface area (Å²) in [6, 6.07) is 5.53. The molecule has 0 unspecified atom stereocenters. The number of halogens is 1. The number of ether oxygens (including phenoxy) is 2. The molecule has 0 fully saturated rings. The second-order valence-electron chi connectivity index (χ2n) is 3.92. The van der Waals surface area contributed by atoms with Gasteiger partial charge < -0.3 is 14.8 Å². The lowest BCUT2D eigenvalue weighted by Crippen LogP contribution is -2.24. The number of methoxy groups -OCH3 is 2. The number of aromatic nitrogens is 3. The van der Waals surface area contributed by atoms with Gasteiger partial charge in [0.1, 0.15) is 5.82 Å². The molecule has 2 rings (SSSR count). The molecule has 2 aromatic rings. The van der Waals surface area contributed by atoms with Crippen LogP contribution in [0.4, 0.5) is 4.39 Å². The molecule has 0 atom stereocenters. The Hall–Kier alpha value is -2.77. The molecule has 0 saturated heterocycles. The van der Waals surface area contributed by atoms with E-state index in [-0.39, 0.29) is 30.0 Å². The van der Waals surface area contributed by atoms with Crippen molar-refractivity contribution in [1.29, 1.82) is 0 Å². The van der Waals surface area contributed by atoms with Crippen LogP contribution in [-0.2, 0) is 6.54 Å². The van der Waals surface area contributed by atoms with Crippen molar-refractivity contribution in [3.63, 3.8) is 0 Å². The number of hydrogen-bond acceptors (Lipinski definition) is 6. The molecule has 1 N–H and O–H groups in total. The highest BCUT2D eigenvalue weighted by molar-refractivity contribution is 5.94. The summed E-state index contributed by atoms with van der Waals surface area (Å²) in [6.45, 7) is 0.0323. The van der Waals surface area contributed by atoms with Gasteiger partial charge >= 0.3 is 12.0 Å². The molecule has 1 aromatic carbocycles. The van der Waals surface area contributed by atoms with Gasteiger partial charge in [0, 0.05) is 5.56 Å². The molecule has 0 radical (unpaired) electrons. The minimum Gasteiger partial charge on any atom is -0.467 e. The Kier molecular flexibility index (Phi) is 4.60. The summed E-state index contributed by atoms with van der Waals surface area (Å²) in [5, 5.41) is 2.58. The molecular formula is C13H13FN4O3. The van der Waals surface area contributed by atoms with Crippen molar-refractivity contribution < 1.29 is 18.7 Å². The number of carbonyl (C=O) groups excluding carboxylic acids is 1. The maximum Gasteiger partial charge on any atom is 0.322 e. The topological polar surface area (TPSA) is 86.2 Å². The van der Waals surface area contributed by atoms with Crippen LogP contribution in [-0.4, -0.2) is 35.1 Å². The van der Waals surface area contributed by atoms with Crippen LogP contribution in [0.3, 0.4) is 0 Å². The molecule has 8 heteroatoms. The zero-order valence-corrected chi connectivity index (χ0v) is 11.5. The lowest BCUT2D eigenvalue weighted by Gasteiger charge is -2.07. The highest BCUT2D eigenvalue weighted by Crippen LogP contribution is 2.09. The van der Waals surface area contributed by atoms with Gasteiger partial charge in [-0.3, -0.25) is 4.79 Å². The van der Waals surface area contributed by atoms with Crippen molar-refractivity contribution in [3.05, 3.63) is 41.5 Å². The van der Waals surface area contributed by atoms with Gasteiger partial charge in [0.2, 0.25) is 0 Å². The summed E-state index contributed by atoms with van der Waals surface area (Å²) >= 11 is 0. The van der Waals surface area contributed by atoms with Gasteiger partial charge in [0.05, 0.1) is 20.8 Å². The van der Waals surface area contributed by atoms with Crippen LogP contribution in [0.2, 0.25) is 0 Å². The predicted octanol–water partition coefficient (Wildman–Crippen LogP) is 0.958. The Bertz CT molecular complexity index is 629. The largest absolute Gasteiger partial charge is 0.467 e. The van der Waals surface area contributed by atoms with Crippen LogP contribution in [0.15, 0.2) is 24.3 Å². The predicted molar refractivity (Wildman–Crippen MR) is 70.5 cm³/mol. The zero-order chi connectivity index (χ0) is 15.2. The summed E-state index contributed by atoms with van der Waals surface area (Å²) in [4.78, 5) is 23.6. The summed E-state index contributed by atoms with van der Waals surface area (Å²) in [5.41, 5.74) is 0.211. The smallest absolute Gasteiger partial charge is 0.322 e. The summed E-state index contributed by atoms with van der Waals surface area (Å²) in [6.07, 6.45) is 0. The highest BCUT2D eigenvalue weighted by Gasteiger charge is 2.10. The van der Waals surface area contributed by atoms with E-state index in [0.717, 1.165) is 6.07 Å². The van der Waals surface area contributed by atoms with Crippen LogP contribution in [0.25, 0.3) is 0 Å². The fourth-order valence-electron chi connectivity index (χ4n) is 1.53. The van der Waals surface area contributed by atoms with Crippen LogP contribution >= 0.6 is 0 Å². The summed E-state index contributed by atoms with van der Waals surface area (Å²) in [7, 11) is 2.81. The average molecular weight is 292 g/mol. The Morgan fingerprint density at radius 1 is 1.19 bits per heavy atom. The fraction of sp³-hybridized carbons (Fsp3) is 0.231. The maximum atomic E-state index is 13.0. The minimum absolute atomic E-state index is 0.0323. The van der Waals surface area contributed by atoms with E-state index in [2.05, 4.69) is 20.3 Å². The lowest BCUT2D eigenvalue weighted by molar-refractivity contribution is 0.0949. The van der Waals surface area contributed by atoms with E-state index in [0.29, 0.717) is 0 Å². The van der Waals surface area contributed by atoms with Crippen molar-refractivity contribution in [3.8, 4) is 12.0 Å². The van der Waals surface area contributed by atoms with E-state index >= 15 is 0 Å². The minimum atomic E-state index is -0.480. The monoisotopic (exact) mass is 292 g/mol. The van der Waals surface area contributed by atoms with Gasteiger partial charge in [-0.2, -0.15) is 9.97 Å². The molecule has 7 nitrogen and oxygen atoms in total. The molecule has 0 saturated carbocycles. The number of hydrogen-bond donors (Lipinski definition) is 1. The molecule has 21 heavy (non-hydrogen) atoms. The molecule has 0 spiro atoms. The van der Waals surface area contributed by atoms with E-state index < -0.39 is 11.7 Å². The molecule has 110 valence electrons. The molecule has 0 bridgehead atoms. The standard InChI is InChI=1S/C13H13FN4O3/c1-20-12-16-10(17-13(18-12)21-2)7-15-11(19)8-4-3-5-9(14)6-8/h3-6H,7H2,1-2H3,(H,15,19). The van der Waals surface area contributed by atoms with Gasteiger partial charge in [-0.05, 0) is 18.2 Å². The molecule has 1 aromatic heterocycles. The number of amides is 1. The quantitative estimate of drug-likeness (QED) is 0.883. The molecular weight excluding hydrogens is 279 g/mol. The second-order valence-corrected chi connectivity index (χ2v) is 3.92. The van der Waals surface area contributed by atoms with E-state index in [1.165, 1.54) is 32.4 Å². The molecule has 0 aliphatic carbocycles. The SMILES string of the molecule is COc1nc(CNC(=O)c2cccc(F)c2)nc(OC)n1. The first kappa shape index (κ1) is 14.6. The fourth-order valence-corrected chi connectivity index (χ4v) is 1.53. The van der Waals surface area contributed by atoms with Crippen LogP contribution in [0.1, 0.15) is 16.2 Å². The normalized spacial score (nSPS) is 10.0. The zero-order valence-electron chi connectivity index (χ0n) is 11.5. The third kappa shape index (κ3) is 3.85. The van der Waals surface area contributed by atoms with E-state index in [9.17, 15) is 9.18 Å². The lowest BCUT2D eigenvalue weighted by atomic mass is 10.2. The van der Waals surface area contributed by atoms with Crippen molar-refractivity contribution in [2.75, 3.05) is 14.2 Å². The second kappa shape index (κ2) is 6.60. The number of nitrogens with one attached hydrogen (secondary N) is 1. The number of nitrogens with zero attached hydrogens (tertiary/aromatic N) is 3. The van der Waals surface area contributed by atoms with Gasteiger partial charge in [-0.15, -0.1) is 4.98 Å². The Balaban J connectivity index is 2.07. The van der Waals surface area contributed by atoms with Crippen LogP contribution in [0, 0.1) is 5.82 Å². The summed E-state index contributed by atoms with van der Waals surface area (Å²) < 4.78 is 22.8. The first-order valence-corrected chi connectivity index (χ1v) is 5.99. The van der Waals surface area contributed by atoms with Gasteiger partial charge in [-0.1, -0.05) is 6.07 Å². The molecule has 0 aliphatic rings. The molecule has 1 amide bonds. The Morgan fingerprint density at radius 2 is 1.86 bits per heavy atom. The number of rotatable bonds is 5. The number of carbonyl (C=O) groups is 1. The van der Waals surface area contributed by atoms with E-state index in [4.69, 9.17) is 9.47 Å². The highest BCUT2D eigenvalue weighted by atomic mass is 19.1. The van der Waals surface area contributed by atoms with Gasteiger partial charge in [0.15, 0.2) is 5.82 Å². The Labute approximate surface area is 120 Å². The van der Waals surface area contributed by atoms with Crippen molar-refractivity contribution in [2.45, 2.75) is 6.54 Å². The van der Waals surface area contributed by atoms with Crippen molar-refractivity contribution in [1.82, 2.24) is 20.3 Å². The number of benzene rings is 1. The van der Waals surface area contributed by atoms with Gasteiger partial charge in [0.25, 0.3) is 5.91 Å². The summed E-state index contributed by atoms with van der Waals surface area (Å²) in [5.74, 6) is -0.651. The maximum absolute atomic E-state index is 13.0. The van der Waals surface area contributed by atoms with Crippen LogP contribution in [0.5, 0.6) is 12.0 Å². The van der Waals surface area contributed by atoms with Crippen LogP contribution < -0.4 is 14.8 Å².